The van der Waals surface area contributed by atoms with Crippen molar-refractivity contribution >= 4 is 0 Å². The van der Waals surface area contributed by atoms with Gasteiger partial charge in [0.15, 0.2) is 0 Å². The van der Waals surface area contributed by atoms with Crippen LogP contribution >= 0.6 is 0 Å². The van der Waals surface area contributed by atoms with Gasteiger partial charge in [-0.25, -0.2) is 0 Å². The number of rotatable bonds is 13. The van der Waals surface area contributed by atoms with E-state index in [2.05, 4.69) is 99.9 Å². The van der Waals surface area contributed by atoms with Crippen LogP contribution in [0.4, 0.5) is 0 Å². The number of hydrogen-bond donors (Lipinski definition) is 0. The van der Waals surface area contributed by atoms with Crippen molar-refractivity contribution in [2.75, 3.05) is 0 Å². The van der Waals surface area contributed by atoms with Crippen molar-refractivity contribution in [3.05, 3.63) is 70.8 Å². The van der Waals surface area contributed by atoms with E-state index in [0.29, 0.717) is 21.7 Å². The summed E-state index contributed by atoms with van der Waals surface area (Å²) in [5, 5.41) is 0. The normalized spacial score (nSPS) is 33.5. The summed E-state index contributed by atoms with van der Waals surface area (Å²) < 4.78 is 0. The van der Waals surface area contributed by atoms with Crippen LogP contribution in [-0.4, -0.2) is 0 Å². The van der Waals surface area contributed by atoms with Gasteiger partial charge >= 0.3 is 0 Å². The van der Waals surface area contributed by atoms with Crippen molar-refractivity contribution in [1.82, 2.24) is 0 Å². The Hall–Kier alpha value is -2.44. The minimum absolute atomic E-state index is 0.335. The molecule has 0 unspecified atom stereocenters. The summed E-state index contributed by atoms with van der Waals surface area (Å²) in [7, 11) is 0. The molecule has 4 bridgehead atoms. The number of fused-ring (bicyclic) bond motifs is 6. The minimum Gasteiger partial charge on any atom is -0.0911 e. The molecule has 0 saturated heterocycles. The first-order valence-electron chi connectivity index (χ1n) is 26.1. The third-order valence-corrected chi connectivity index (χ3v) is 18.1. The van der Waals surface area contributed by atoms with Crippen LogP contribution in [-0.2, 0) is 12.8 Å². The van der Waals surface area contributed by atoms with Gasteiger partial charge in [0.2, 0.25) is 0 Å². The Labute approximate surface area is 365 Å². The molecule has 322 valence electrons. The van der Waals surface area contributed by atoms with Crippen molar-refractivity contribution in [1.29, 1.82) is 0 Å². The van der Waals surface area contributed by atoms with E-state index >= 15 is 0 Å². The molecule has 0 spiro atoms. The highest BCUT2D eigenvalue weighted by Gasteiger charge is 2.53. The first-order chi connectivity index (χ1) is 28.8. The van der Waals surface area contributed by atoms with Gasteiger partial charge in [-0.1, -0.05) is 159 Å². The van der Waals surface area contributed by atoms with E-state index < -0.39 is 0 Å². The average Bonchev–Trinajstić information content (AvgIpc) is 3.30. The maximum Gasteiger partial charge on any atom is 0.0319 e. The van der Waals surface area contributed by atoms with Gasteiger partial charge in [0.25, 0.3) is 0 Å². The van der Waals surface area contributed by atoms with E-state index in [1.165, 1.54) is 221 Å². The largest absolute Gasteiger partial charge is 0.0911 e. The van der Waals surface area contributed by atoms with Crippen LogP contribution in [0.3, 0.4) is 0 Å². The second-order valence-electron chi connectivity index (χ2n) is 21.8. The van der Waals surface area contributed by atoms with Crippen molar-refractivity contribution in [2.24, 2.45) is 45.3 Å². The fourth-order valence-corrected chi connectivity index (χ4v) is 13.8. The molecular weight excluding hydrogens is 709 g/mol. The summed E-state index contributed by atoms with van der Waals surface area (Å²) >= 11 is 0. The van der Waals surface area contributed by atoms with Gasteiger partial charge in [-0.3, -0.25) is 0 Å². The number of unbranched alkanes of at least 4 members (excludes halogenated alkanes) is 3. The Kier molecular flexibility index (Phi) is 15.9. The van der Waals surface area contributed by atoms with Crippen LogP contribution in [0.2, 0.25) is 0 Å². The molecule has 10 rings (SSSR count). The molecule has 0 aliphatic heterocycles. The molecule has 0 atom stereocenters. The maximum atomic E-state index is 3.80. The highest BCUT2D eigenvalue weighted by Crippen LogP contribution is 2.63. The molecule has 0 radical (unpaired) electrons. The molecule has 8 saturated carbocycles. The molecule has 0 aromatic heterocycles. The van der Waals surface area contributed by atoms with Crippen LogP contribution in [0.1, 0.15) is 236 Å². The fourth-order valence-electron chi connectivity index (χ4n) is 13.8. The SMILES string of the molecule is CCCCC[C@H]1CC[C@H](C23CCC(C#Cc4ccc(CCC)cc4)(CC2)CC3)CC1.CCCC[C@H]1CC[C@H](C23CCC(C#Cc4ccc(CCC)cc4)(CC2)CC3)CC1. The Balaban J connectivity index is 0.000000179. The van der Waals surface area contributed by atoms with Gasteiger partial charge in [0.05, 0.1) is 0 Å². The summed E-state index contributed by atoms with van der Waals surface area (Å²) in [5.74, 6) is 18.9. The zero-order valence-electron chi connectivity index (χ0n) is 38.8. The first kappa shape index (κ1) is 44.6. The lowest BCUT2D eigenvalue weighted by atomic mass is 9.48. The summed E-state index contributed by atoms with van der Waals surface area (Å²) in [6.45, 7) is 9.16. The van der Waals surface area contributed by atoms with E-state index in [4.69, 9.17) is 0 Å². The number of hydrogen-bond acceptors (Lipinski definition) is 0. The lowest BCUT2D eigenvalue weighted by Crippen LogP contribution is -2.45. The standard InChI is InChI=1S/C30H44.C29H42/c1-3-5-6-8-26-13-15-28(16-14-26)30-22-19-29(20-23-30,21-24-30)18-17-27-11-9-25(7-4-2)10-12-27;1-3-5-7-25-12-14-27(15-13-25)29-21-18-28(19-22-29,20-23-29)17-16-26-10-8-24(6-4-2)9-11-26/h9-12,26,28H,3-8,13-16,19-24H2,1-2H3;8-11,25,27H,3-7,12-15,18-23H2,1-2H3/t26-,28-,29?,30?;25-,27-,28?,29?. The molecule has 2 aromatic rings. The molecular formula is C59H86. The quantitative estimate of drug-likeness (QED) is 0.140. The molecule has 0 nitrogen and oxygen atoms in total. The summed E-state index contributed by atoms with van der Waals surface area (Å²) in [5.41, 5.74) is 7.38. The number of aryl methyl sites for hydroxylation is 2. The van der Waals surface area contributed by atoms with E-state index in [9.17, 15) is 0 Å². The molecule has 0 N–H and O–H groups in total. The second-order valence-corrected chi connectivity index (χ2v) is 21.8. The molecule has 8 aliphatic carbocycles. The van der Waals surface area contributed by atoms with Gasteiger partial charge in [-0.05, 0) is 185 Å². The second kappa shape index (κ2) is 21.1. The van der Waals surface area contributed by atoms with E-state index in [1.807, 2.05) is 0 Å². The van der Waals surface area contributed by atoms with Gasteiger partial charge in [0, 0.05) is 22.0 Å². The highest BCUT2D eigenvalue weighted by atomic mass is 14.6. The van der Waals surface area contributed by atoms with Crippen LogP contribution in [0, 0.1) is 69.0 Å². The monoisotopic (exact) mass is 795 g/mol. The van der Waals surface area contributed by atoms with Gasteiger partial charge in [-0.2, -0.15) is 0 Å². The predicted octanol–water partition coefficient (Wildman–Crippen LogP) is 17.0. The number of benzene rings is 2. The molecule has 59 heavy (non-hydrogen) atoms. The molecule has 2 aromatic carbocycles. The van der Waals surface area contributed by atoms with Crippen LogP contribution in [0.15, 0.2) is 48.5 Å². The fraction of sp³-hybridized carbons (Fsp3) is 0.729. The van der Waals surface area contributed by atoms with Gasteiger partial charge in [0.1, 0.15) is 0 Å². The van der Waals surface area contributed by atoms with E-state index in [-0.39, 0.29) is 0 Å². The smallest absolute Gasteiger partial charge is 0.0319 e. The maximum absolute atomic E-state index is 3.80. The topological polar surface area (TPSA) is 0 Å². The van der Waals surface area contributed by atoms with Crippen LogP contribution in [0.5, 0.6) is 0 Å². The highest BCUT2D eigenvalue weighted by molar-refractivity contribution is 5.39. The van der Waals surface area contributed by atoms with Crippen molar-refractivity contribution < 1.29 is 0 Å². The van der Waals surface area contributed by atoms with Crippen LogP contribution < -0.4 is 0 Å². The van der Waals surface area contributed by atoms with Crippen molar-refractivity contribution in [3.8, 4) is 23.7 Å². The van der Waals surface area contributed by atoms with Crippen molar-refractivity contribution in [2.45, 2.75) is 227 Å². The summed E-state index contributed by atoms with van der Waals surface area (Å²) in [6, 6.07) is 18.0. The molecule has 8 aliphatic rings. The molecule has 0 amide bonds. The Bertz CT molecular complexity index is 1630. The van der Waals surface area contributed by atoms with Crippen LogP contribution in [0.25, 0.3) is 0 Å². The van der Waals surface area contributed by atoms with Crippen molar-refractivity contribution in [3.63, 3.8) is 0 Å². The molecule has 0 heteroatoms. The van der Waals surface area contributed by atoms with Gasteiger partial charge < -0.3 is 0 Å². The summed E-state index contributed by atoms with van der Waals surface area (Å²) in [6.07, 6.45) is 44.0. The zero-order chi connectivity index (χ0) is 41.0. The minimum atomic E-state index is 0.335. The Morgan fingerprint density at radius 1 is 0.407 bits per heavy atom. The lowest BCUT2D eigenvalue weighted by Gasteiger charge is -2.56. The predicted molar refractivity (Wildman–Crippen MR) is 254 cm³/mol. The van der Waals surface area contributed by atoms with Gasteiger partial charge in [-0.15, -0.1) is 0 Å². The third-order valence-electron chi connectivity index (χ3n) is 18.1. The molecule has 0 heterocycles. The Morgan fingerprint density at radius 2 is 0.763 bits per heavy atom. The summed E-state index contributed by atoms with van der Waals surface area (Å²) in [4.78, 5) is 0. The lowest BCUT2D eigenvalue weighted by molar-refractivity contribution is -0.0379. The average molecular weight is 795 g/mol. The Morgan fingerprint density at radius 3 is 1.10 bits per heavy atom. The van der Waals surface area contributed by atoms with E-state index in [1.54, 1.807) is 0 Å². The first-order valence-corrected chi connectivity index (χ1v) is 26.1. The van der Waals surface area contributed by atoms with E-state index in [0.717, 1.165) is 23.7 Å². The molecule has 8 fully saturated rings. The third kappa shape index (κ3) is 11.3. The zero-order valence-corrected chi connectivity index (χ0v) is 38.8.